The van der Waals surface area contributed by atoms with Gasteiger partial charge in [0.2, 0.25) is 11.8 Å². The summed E-state index contributed by atoms with van der Waals surface area (Å²) in [7, 11) is 3.16. The molecule has 12 heteroatoms. The van der Waals surface area contributed by atoms with Gasteiger partial charge in [-0.05, 0) is 78.8 Å². The Balaban J connectivity index is 1.10. The molecule has 10 nitrogen and oxygen atoms in total. The lowest BCUT2D eigenvalue weighted by atomic mass is 9.68. The number of thiazole rings is 1. The molecular weight excluding hydrogens is 639 g/mol. The Kier molecular flexibility index (Phi) is 7.36. The summed E-state index contributed by atoms with van der Waals surface area (Å²) in [5.41, 5.74) is 2.04. The molecule has 4 aliphatic rings. The zero-order chi connectivity index (χ0) is 32.4. The first-order chi connectivity index (χ1) is 22.9. The second-order valence-electron chi connectivity index (χ2n) is 12.3. The highest BCUT2D eigenvalue weighted by atomic mass is 32.2. The van der Waals surface area contributed by atoms with E-state index >= 15 is 0 Å². The van der Waals surface area contributed by atoms with Gasteiger partial charge >= 0.3 is 4.87 Å². The van der Waals surface area contributed by atoms with Gasteiger partial charge in [-0.25, -0.2) is 0 Å². The monoisotopic (exact) mass is 669 g/mol. The zero-order valence-corrected chi connectivity index (χ0v) is 27.1. The Hall–Kier alpha value is -4.55. The number of aromatic amines is 1. The van der Waals surface area contributed by atoms with Gasteiger partial charge in [-0.2, -0.15) is 0 Å². The van der Waals surface area contributed by atoms with Crippen LogP contribution in [0.4, 0.5) is 11.4 Å². The van der Waals surface area contributed by atoms with Gasteiger partial charge in [-0.1, -0.05) is 29.5 Å². The first-order valence-electron chi connectivity index (χ1n) is 15.4. The molecule has 7 atom stereocenters. The normalized spacial score (nSPS) is 26.9. The van der Waals surface area contributed by atoms with Crippen molar-refractivity contribution in [2.24, 2.45) is 29.6 Å². The highest BCUT2D eigenvalue weighted by Crippen LogP contribution is 2.69. The maximum absolute atomic E-state index is 14.1. The third-order valence-electron chi connectivity index (χ3n) is 10.0. The number of ether oxygens (including phenoxy) is 3. The predicted molar refractivity (Wildman–Crippen MR) is 178 cm³/mol. The lowest BCUT2D eigenvalue weighted by molar-refractivity contribution is -0.123. The lowest BCUT2D eigenvalue weighted by Crippen LogP contribution is -2.42. The first-order valence-corrected chi connectivity index (χ1v) is 17.1. The molecule has 2 aliphatic carbocycles. The summed E-state index contributed by atoms with van der Waals surface area (Å²) in [5, 5.41) is 3.69. The number of hydrogen-bond donors (Lipinski definition) is 2. The van der Waals surface area contributed by atoms with E-state index in [1.807, 2.05) is 24.3 Å². The summed E-state index contributed by atoms with van der Waals surface area (Å²) < 4.78 is 16.6. The quantitative estimate of drug-likeness (QED) is 0.247. The van der Waals surface area contributed by atoms with Crippen LogP contribution in [0.3, 0.4) is 0 Å². The summed E-state index contributed by atoms with van der Waals surface area (Å²) in [6.45, 7) is -0.213. The van der Waals surface area contributed by atoms with Gasteiger partial charge < -0.3 is 24.5 Å². The van der Waals surface area contributed by atoms with E-state index < -0.39 is 11.8 Å². The van der Waals surface area contributed by atoms with E-state index in [4.69, 9.17) is 14.2 Å². The SMILES string of the molecule is COc1ccc(NC(=O)COc2ccccc2[C@H]2c3sc(=O)[nH]c3SC3C2[C@H]2C[C@@H]3C3C(=O)N(c4ccc(OC)cc4)C(=O)C32)cc1. The third kappa shape index (κ3) is 4.84. The van der Waals surface area contributed by atoms with Crippen LogP contribution in [0.2, 0.25) is 0 Å². The number of methoxy groups -OCH3 is 2. The van der Waals surface area contributed by atoms with Crippen LogP contribution in [-0.4, -0.2) is 48.8 Å². The molecule has 2 N–H and O–H groups in total. The van der Waals surface area contributed by atoms with Crippen LogP contribution in [-0.2, 0) is 14.4 Å². The van der Waals surface area contributed by atoms with Crippen molar-refractivity contribution < 1.29 is 28.6 Å². The van der Waals surface area contributed by atoms with Gasteiger partial charge in [0.1, 0.15) is 17.2 Å². The number of para-hydroxylation sites is 1. The van der Waals surface area contributed by atoms with Gasteiger partial charge in [-0.15, -0.1) is 11.8 Å². The number of imide groups is 1. The van der Waals surface area contributed by atoms with Crippen LogP contribution in [0.15, 0.2) is 82.6 Å². The largest absolute Gasteiger partial charge is 0.497 e. The van der Waals surface area contributed by atoms with Gasteiger partial charge in [0.25, 0.3) is 5.91 Å². The number of aromatic nitrogens is 1. The number of rotatable bonds is 8. The third-order valence-corrected chi connectivity index (χ3v) is 12.6. The molecule has 3 amide bonds. The second-order valence-corrected chi connectivity index (χ2v) is 14.5. The van der Waals surface area contributed by atoms with Crippen LogP contribution >= 0.6 is 23.1 Å². The Bertz CT molecular complexity index is 1940. The Morgan fingerprint density at radius 3 is 2.26 bits per heavy atom. The molecule has 3 aromatic carbocycles. The van der Waals surface area contributed by atoms with Gasteiger partial charge in [0.15, 0.2) is 6.61 Å². The number of fused-ring (bicyclic) bond motifs is 9. The standard InChI is InChI=1S/C35H31N3O7S2/c1-43-19-11-7-17(8-12-19)36-25(39)16-45-24-6-4-3-5-21(24)26-27-22-15-23(30(27)46-32-31(26)47-35(42)37-32)29-28(22)33(40)38(34(29)41)18-9-13-20(44-2)14-10-18/h3-14,22-23,26-30H,15-16H2,1-2H3,(H,36,39)(H,37,42)/t22-,23-,26-,27?,28?,29?,30?/m1/s1. The number of carbonyl (C=O) groups is 3. The highest BCUT2D eigenvalue weighted by molar-refractivity contribution is 8.00. The number of benzene rings is 3. The van der Waals surface area contributed by atoms with Crippen molar-refractivity contribution in [2.75, 3.05) is 31.0 Å². The fourth-order valence-corrected chi connectivity index (χ4v) is 11.1. The molecule has 3 heterocycles. The molecule has 2 aliphatic heterocycles. The van der Waals surface area contributed by atoms with E-state index in [2.05, 4.69) is 10.3 Å². The van der Waals surface area contributed by atoms with Crippen molar-refractivity contribution >= 4 is 52.2 Å². The molecule has 4 unspecified atom stereocenters. The number of amides is 3. The Morgan fingerprint density at radius 2 is 1.55 bits per heavy atom. The fraction of sp³-hybridized carbons (Fsp3) is 0.314. The van der Waals surface area contributed by atoms with Crippen LogP contribution in [0.5, 0.6) is 17.2 Å². The number of anilines is 2. The molecule has 4 aromatic rings. The van der Waals surface area contributed by atoms with E-state index in [0.29, 0.717) is 28.6 Å². The summed E-state index contributed by atoms with van der Waals surface area (Å²) in [6, 6.07) is 21.7. The van der Waals surface area contributed by atoms with Crippen LogP contribution in [0.25, 0.3) is 0 Å². The maximum Gasteiger partial charge on any atom is 0.305 e. The number of nitrogens with one attached hydrogen (secondary N) is 2. The average molecular weight is 670 g/mol. The van der Waals surface area contributed by atoms with Crippen molar-refractivity contribution in [1.82, 2.24) is 4.98 Å². The fourth-order valence-electron chi connectivity index (χ4n) is 8.23. The Labute approximate surface area is 278 Å². The van der Waals surface area contributed by atoms with E-state index in [-0.39, 0.29) is 58.1 Å². The highest BCUT2D eigenvalue weighted by Gasteiger charge is 2.69. The second kappa shape index (κ2) is 11.6. The first kappa shape index (κ1) is 29.8. The molecule has 3 fully saturated rings. The summed E-state index contributed by atoms with van der Waals surface area (Å²) in [6.07, 6.45) is 0.772. The topological polar surface area (TPSA) is 127 Å². The van der Waals surface area contributed by atoms with E-state index in [0.717, 1.165) is 21.9 Å². The molecular formula is C35H31N3O7S2. The van der Waals surface area contributed by atoms with Gasteiger partial charge in [0, 0.05) is 27.3 Å². The number of hydrogen-bond acceptors (Lipinski definition) is 9. The molecule has 8 rings (SSSR count). The number of thioether (sulfide) groups is 1. The summed E-state index contributed by atoms with van der Waals surface area (Å²) in [4.78, 5) is 58.8. The molecule has 2 bridgehead atoms. The van der Waals surface area contributed by atoms with E-state index in [1.165, 1.54) is 16.2 Å². The van der Waals surface area contributed by atoms with E-state index in [9.17, 15) is 19.2 Å². The molecule has 47 heavy (non-hydrogen) atoms. The van der Waals surface area contributed by atoms with Crippen LogP contribution < -0.4 is 29.3 Å². The van der Waals surface area contributed by atoms with Crippen molar-refractivity contribution in [1.29, 1.82) is 0 Å². The molecule has 2 saturated carbocycles. The van der Waals surface area contributed by atoms with Crippen molar-refractivity contribution in [3.63, 3.8) is 0 Å². The van der Waals surface area contributed by atoms with Crippen molar-refractivity contribution in [3.8, 4) is 17.2 Å². The van der Waals surface area contributed by atoms with Crippen molar-refractivity contribution in [2.45, 2.75) is 22.6 Å². The minimum atomic E-state index is -0.431. The number of H-pyrrole nitrogens is 1. The number of nitrogens with zero attached hydrogens (tertiary/aromatic N) is 1. The molecule has 1 saturated heterocycles. The smallest absolute Gasteiger partial charge is 0.305 e. The van der Waals surface area contributed by atoms with Gasteiger partial charge in [0.05, 0.1) is 36.8 Å². The predicted octanol–water partition coefficient (Wildman–Crippen LogP) is 5.15. The number of carbonyl (C=O) groups excluding carboxylic acids is 3. The average Bonchev–Trinajstić information content (AvgIpc) is 3.83. The Morgan fingerprint density at radius 1 is 0.894 bits per heavy atom. The van der Waals surface area contributed by atoms with Crippen LogP contribution in [0.1, 0.15) is 22.8 Å². The zero-order valence-electron chi connectivity index (χ0n) is 25.5. The lowest BCUT2D eigenvalue weighted by Gasteiger charge is -2.43. The van der Waals surface area contributed by atoms with Gasteiger partial charge in [-0.3, -0.25) is 24.1 Å². The summed E-state index contributed by atoms with van der Waals surface area (Å²) in [5.74, 6) is 0.126. The molecule has 0 radical (unpaired) electrons. The summed E-state index contributed by atoms with van der Waals surface area (Å²) >= 11 is 2.82. The van der Waals surface area contributed by atoms with Crippen LogP contribution in [0, 0.1) is 29.6 Å². The van der Waals surface area contributed by atoms with E-state index in [1.54, 1.807) is 74.5 Å². The maximum atomic E-state index is 14.1. The molecule has 1 aromatic heterocycles. The molecule has 240 valence electrons. The van der Waals surface area contributed by atoms with Crippen molar-refractivity contribution in [3.05, 3.63) is 92.9 Å². The molecule has 0 spiro atoms. The minimum absolute atomic E-state index is 0.00403. The minimum Gasteiger partial charge on any atom is -0.497 e.